The topological polar surface area (TPSA) is 25.8 Å². The van der Waals surface area contributed by atoms with Gasteiger partial charge in [0.25, 0.3) is 0 Å². The van der Waals surface area contributed by atoms with Gasteiger partial charge in [-0.2, -0.15) is 0 Å². The average molecular weight is 380 g/mol. The fraction of sp³-hybridized carbons (Fsp3) is 0.125. The van der Waals surface area contributed by atoms with Crippen LogP contribution in [0, 0.1) is 6.92 Å². The normalized spacial score (nSPS) is 11.0. The van der Waals surface area contributed by atoms with Crippen LogP contribution in [0.1, 0.15) is 5.56 Å². The fourth-order valence-corrected chi connectivity index (χ4v) is 3.46. The Bertz CT molecular complexity index is 819. The lowest BCUT2D eigenvalue weighted by Gasteiger charge is -2.08. The summed E-state index contributed by atoms with van der Waals surface area (Å²) in [5.41, 5.74) is 2.93. The Morgan fingerprint density at radius 2 is 1.76 bits per heavy atom. The molecule has 0 spiro atoms. The first-order chi connectivity index (χ1) is 10.1. The predicted octanol–water partition coefficient (Wildman–Crippen LogP) is 5.74. The molecular weight excluding hydrogens is 368 g/mol. The van der Waals surface area contributed by atoms with E-state index in [-0.39, 0.29) is 0 Å². The first kappa shape index (κ1) is 14.8. The molecule has 0 bridgehead atoms. The molecule has 0 saturated heterocycles. The molecule has 3 rings (SSSR count). The summed E-state index contributed by atoms with van der Waals surface area (Å²) in [7, 11) is 0. The molecule has 5 heteroatoms. The molecule has 0 unspecified atom stereocenters. The van der Waals surface area contributed by atoms with E-state index in [1.807, 2.05) is 31.2 Å². The summed E-state index contributed by atoms with van der Waals surface area (Å²) in [6, 6.07) is 12.2. The summed E-state index contributed by atoms with van der Waals surface area (Å²) in [5.74, 6) is 0.654. The van der Waals surface area contributed by atoms with Gasteiger partial charge in [0.05, 0.1) is 10.9 Å². The zero-order valence-corrected chi connectivity index (χ0v) is 14.7. The Labute approximate surface area is 141 Å². The van der Waals surface area contributed by atoms with Crippen molar-refractivity contribution in [3.05, 3.63) is 51.6 Å². The number of halogens is 2. The molecule has 0 aliphatic carbocycles. The molecule has 2 nitrogen and oxygen atoms in total. The van der Waals surface area contributed by atoms with Crippen LogP contribution in [0.15, 0.2) is 45.8 Å². The van der Waals surface area contributed by atoms with Crippen molar-refractivity contribution in [1.29, 1.82) is 0 Å². The molecule has 0 amide bonds. The highest BCUT2D eigenvalue weighted by Crippen LogP contribution is 2.32. The molecular formula is C16H12BrClN2S. The van der Waals surface area contributed by atoms with E-state index < -0.39 is 0 Å². The van der Waals surface area contributed by atoms with Crippen LogP contribution in [0.25, 0.3) is 22.3 Å². The van der Waals surface area contributed by atoms with Crippen LogP contribution in [0.3, 0.4) is 0 Å². The minimum absolute atomic E-state index is 0.472. The van der Waals surface area contributed by atoms with E-state index >= 15 is 0 Å². The molecule has 0 aliphatic rings. The number of fused-ring (bicyclic) bond motifs is 1. The van der Waals surface area contributed by atoms with E-state index in [9.17, 15) is 0 Å². The van der Waals surface area contributed by atoms with Gasteiger partial charge in [-0.1, -0.05) is 29.8 Å². The van der Waals surface area contributed by atoms with Crippen LogP contribution < -0.4 is 0 Å². The molecule has 0 radical (unpaired) electrons. The van der Waals surface area contributed by atoms with Crippen LogP contribution in [0.2, 0.25) is 5.15 Å². The summed E-state index contributed by atoms with van der Waals surface area (Å²) in [6.45, 7) is 2.03. The molecule has 1 heterocycles. The third kappa shape index (κ3) is 2.80. The zero-order valence-electron chi connectivity index (χ0n) is 11.5. The predicted molar refractivity (Wildman–Crippen MR) is 94.2 cm³/mol. The summed E-state index contributed by atoms with van der Waals surface area (Å²) < 4.78 is 0.914. The van der Waals surface area contributed by atoms with Gasteiger partial charge in [0.15, 0.2) is 5.82 Å². The maximum Gasteiger partial charge on any atom is 0.161 e. The molecule has 3 aromatic rings. The molecule has 1 aromatic heterocycles. The van der Waals surface area contributed by atoms with Gasteiger partial charge in [-0.25, -0.2) is 9.97 Å². The van der Waals surface area contributed by atoms with Crippen molar-refractivity contribution in [3.8, 4) is 11.4 Å². The van der Waals surface area contributed by atoms with Crippen molar-refractivity contribution in [3.63, 3.8) is 0 Å². The van der Waals surface area contributed by atoms with Crippen molar-refractivity contribution >= 4 is 50.2 Å². The summed E-state index contributed by atoms with van der Waals surface area (Å²) in [5, 5.41) is 1.33. The maximum absolute atomic E-state index is 6.36. The maximum atomic E-state index is 6.36. The third-order valence-electron chi connectivity index (χ3n) is 3.31. The highest BCUT2D eigenvalue weighted by atomic mass is 79.9. The van der Waals surface area contributed by atoms with Crippen LogP contribution in [-0.4, -0.2) is 16.2 Å². The first-order valence-corrected chi connectivity index (χ1v) is 8.76. The average Bonchev–Trinajstić information content (AvgIpc) is 2.50. The quantitative estimate of drug-likeness (QED) is 0.419. The largest absolute Gasteiger partial charge is 0.228 e. The number of aryl methyl sites for hydroxylation is 1. The SMILES string of the molecule is CSc1ccc(-c2nc(Cl)c3c(Br)ccc(C)c3n2)cc1. The van der Waals surface area contributed by atoms with Gasteiger partial charge >= 0.3 is 0 Å². The smallest absolute Gasteiger partial charge is 0.161 e. The summed E-state index contributed by atoms with van der Waals surface area (Å²) in [6.07, 6.45) is 2.05. The van der Waals surface area contributed by atoms with E-state index in [0.717, 1.165) is 26.5 Å². The highest BCUT2D eigenvalue weighted by molar-refractivity contribution is 9.10. The van der Waals surface area contributed by atoms with Crippen molar-refractivity contribution in [1.82, 2.24) is 9.97 Å². The first-order valence-electron chi connectivity index (χ1n) is 6.37. The Kier molecular flexibility index (Phi) is 4.20. The molecule has 0 saturated carbocycles. The van der Waals surface area contributed by atoms with E-state index in [4.69, 9.17) is 11.6 Å². The lowest BCUT2D eigenvalue weighted by molar-refractivity contribution is 1.21. The third-order valence-corrected chi connectivity index (χ3v) is 4.98. The molecule has 0 aliphatic heterocycles. The van der Waals surface area contributed by atoms with Crippen LogP contribution >= 0.6 is 39.3 Å². The van der Waals surface area contributed by atoms with Gasteiger partial charge < -0.3 is 0 Å². The number of hydrogen-bond donors (Lipinski definition) is 0. The molecule has 21 heavy (non-hydrogen) atoms. The second-order valence-electron chi connectivity index (χ2n) is 4.65. The van der Waals surface area contributed by atoms with Crippen LogP contribution in [0.4, 0.5) is 0 Å². The van der Waals surface area contributed by atoms with Crippen LogP contribution in [0.5, 0.6) is 0 Å². The minimum atomic E-state index is 0.472. The van der Waals surface area contributed by atoms with Crippen molar-refractivity contribution in [2.24, 2.45) is 0 Å². The van der Waals surface area contributed by atoms with Crippen molar-refractivity contribution < 1.29 is 0 Å². The number of rotatable bonds is 2. The van der Waals surface area contributed by atoms with Gasteiger partial charge in [0.2, 0.25) is 0 Å². The van der Waals surface area contributed by atoms with E-state index in [2.05, 4.69) is 44.3 Å². The fourth-order valence-electron chi connectivity index (χ4n) is 2.16. The standard InChI is InChI=1S/C16H12BrClN2S/c1-9-3-8-12(17)13-14(9)19-16(20-15(13)18)10-4-6-11(21-2)7-5-10/h3-8H,1-2H3. The van der Waals surface area contributed by atoms with Gasteiger partial charge in [0.1, 0.15) is 5.15 Å². The van der Waals surface area contributed by atoms with E-state index in [0.29, 0.717) is 11.0 Å². The summed E-state index contributed by atoms with van der Waals surface area (Å²) in [4.78, 5) is 10.3. The number of nitrogens with zero attached hydrogens (tertiary/aromatic N) is 2. The summed E-state index contributed by atoms with van der Waals surface area (Å²) >= 11 is 11.6. The number of thioether (sulfide) groups is 1. The monoisotopic (exact) mass is 378 g/mol. The number of aromatic nitrogens is 2. The van der Waals surface area contributed by atoms with E-state index in [1.165, 1.54) is 4.90 Å². The van der Waals surface area contributed by atoms with E-state index in [1.54, 1.807) is 11.8 Å². The zero-order chi connectivity index (χ0) is 15.0. The lowest BCUT2D eigenvalue weighted by Crippen LogP contribution is -1.94. The van der Waals surface area contributed by atoms with Gasteiger partial charge in [-0.3, -0.25) is 0 Å². The Morgan fingerprint density at radius 1 is 1.05 bits per heavy atom. The van der Waals surface area contributed by atoms with Crippen LogP contribution in [-0.2, 0) is 0 Å². The molecule has 0 atom stereocenters. The Morgan fingerprint density at radius 3 is 2.43 bits per heavy atom. The molecule has 0 fully saturated rings. The van der Waals surface area contributed by atoms with Gasteiger partial charge in [-0.15, -0.1) is 11.8 Å². The molecule has 0 N–H and O–H groups in total. The van der Waals surface area contributed by atoms with Crippen molar-refractivity contribution in [2.45, 2.75) is 11.8 Å². The molecule has 2 aromatic carbocycles. The Hall–Kier alpha value is -1.10. The van der Waals surface area contributed by atoms with Gasteiger partial charge in [-0.05, 0) is 52.9 Å². The van der Waals surface area contributed by atoms with Crippen molar-refractivity contribution in [2.75, 3.05) is 6.26 Å². The lowest BCUT2D eigenvalue weighted by atomic mass is 10.1. The second kappa shape index (κ2) is 5.95. The van der Waals surface area contributed by atoms with Gasteiger partial charge in [0, 0.05) is 14.9 Å². The number of hydrogen-bond acceptors (Lipinski definition) is 3. The Balaban J connectivity index is 2.22. The molecule has 106 valence electrons. The minimum Gasteiger partial charge on any atom is -0.228 e. The number of benzene rings is 2. The highest BCUT2D eigenvalue weighted by Gasteiger charge is 2.12. The second-order valence-corrected chi connectivity index (χ2v) is 6.75.